The van der Waals surface area contributed by atoms with Crippen LogP contribution >= 0.6 is 0 Å². The molecule has 0 saturated carbocycles. The van der Waals surface area contributed by atoms with E-state index in [0.717, 1.165) is 5.56 Å². The Bertz CT molecular complexity index is 650. The number of carbonyl (C=O) groups is 1. The molecule has 2 rings (SSSR count). The van der Waals surface area contributed by atoms with Crippen LogP contribution in [0.25, 0.3) is 0 Å². The Morgan fingerprint density at radius 3 is 2.65 bits per heavy atom. The number of aliphatic hydroxyl groups is 1. The minimum atomic E-state index is -1.11. The van der Waals surface area contributed by atoms with Crippen LogP contribution < -0.4 is 11.1 Å². The van der Waals surface area contributed by atoms with E-state index in [1.165, 1.54) is 0 Å². The molecule has 3 unspecified atom stereocenters. The van der Waals surface area contributed by atoms with E-state index in [1.807, 2.05) is 56.0 Å². The number of nitrogens with two attached hydrogens (primary N) is 1. The predicted octanol–water partition coefficient (Wildman–Crippen LogP) is 1.40. The van der Waals surface area contributed by atoms with Gasteiger partial charge in [-0.25, -0.2) is 0 Å². The highest BCUT2D eigenvalue weighted by atomic mass is 16.3. The maximum atomic E-state index is 12.6. The predicted molar refractivity (Wildman–Crippen MR) is 101 cm³/mol. The summed E-state index contributed by atoms with van der Waals surface area (Å²) in [6, 6.07) is 11.0. The maximum Gasteiger partial charge on any atom is 0.238 e. The number of benzene rings is 1. The zero-order valence-electron chi connectivity index (χ0n) is 15.9. The topological polar surface area (TPSA) is 102 Å². The van der Waals surface area contributed by atoms with Gasteiger partial charge in [-0.3, -0.25) is 9.69 Å². The van der Waals surface area contributed by atoms with E-state index >= 15 is 0 Å². The van der Waals surface area contributed by atoms with Gasteiger partial charge in [0.15, 0.2) is 0 Å². The van der Waals surface area contributed by atoms with Crippen LogP contribution in [0.4, 0.5) is 0 Å². The fraction of sp³-hybridized carbons (Fsp3) is 0.600. The fourth-order valence-corrected chi connectivity index (χ4v) is 3.60. The lowest BCUT2D eigenvalue weighted by atomic mass is 9.87. The Hall–Kier alpha value is -1.94. The van der Waals surface area contributed by atoms with E-state index in [9.17, 15) is 15.2 Å². The Kier molecular flexibility index (Phi) is 6.40. The first-order valence-corrected chi connectivity index (χ1v) is 9.08. The van der Waals surface area contributed by atoms with Crippen LogP contribution in [0.2, 0.25) is 0 Å². The second-order valence-electron chi connectivity index (χ2n) is 8.35. The standard InChI is InChI=1S/C20H30N4O2/c1-19(2,3)11-16(22)18(26)23-20(14-21)9-10-24(17(20)13-25)12-15-7-5-4-6-8-15/h4-8,16-17,25H,9-13,22H2,1-3H3,(H,23,26). The van der Waals surface area contributed by atoms with Crippen LogP contribution in [0.3, 0.4) is 0 Å². The summed E-state index contributed by atoms with van der Waals surface area (Å²) in [5.41, 5.74) is 5.95. The van der Waals surface area contributed by atoms with Gasteiger partial charge in [-0.05, 0) is 23.8 Å². The van der Waals surface area contributed by atoms with Crippen molar-refractivity contribution in [3.63, 3.8) is 0 Å². The van der Waals surface area contributed by atoms with Gasteiger partial charge < -0.3 is 16.2 Å². The van der Waals surface area contributed by atoms with Crippen molar-refractivity contribution in [2.75, 3.05) is 13.2 Å². The Morgan fingerprint density at radius 1 is 1.46 bits per heavy atom. The van der Waals surface area contributed by atoms with Gasteiger partial charge in [-0.2, -0.15) is 5.26 Å². The summed E-state index contributed by atoms with van der Waals surface area (Å²) < 4.78 is 0. The molecular weight excluding hydrogens is 328 g/mol. The molecule has 1 aliphatic rings. The maximum absolute atomic E-state index is 12.6. The Balaban J connectivity index is 2.12. The summed E-state index contributed by atoms with van der Waals surface area (Å²) in [5, 5.41) is 22.6. The van der Waals surface area contributed by atoms with Crippen molar-refractivity contribution >= 4 is 5.91 Å². The Morgan fingerprint density at radius 2 is 2.12 bits per heavy atom. The third-order valence-electron chi connectivity index (χ3n) is 4.92. The number of rotatable bonds is 6. The van der Waals surface area contributed by atoms with E-state index in [0.29, 0.717) is 25.9 Å². The molecule has 0 aromatic heterocycles. The highest BCUT2D eigenvalue weighted by Gasteiger charge is 2.49. The van der Waals surface area contributed by atoms with Gasteiger partial charge in [0, 0.05) is 13.1 Å². The molecule has 1 amide bonds. The van der Waals surface area contributed by atoms with Crippen LogP contribution in [-0.4, -0.2) is 46.7 Å². The van der Waals surface area contributed by atoms with E-state index in [2.05, 4.69) is 11.4 Å². The second-order valence-corrected chi connectivity index (χ2v) is 8.35. The Labute approximate surface area is 156 Å². The van der Waals surface area contributed by atoms with Gasteiger partial charge in [0.1, 0.15) is 5.54 Å². The molecule has 1 aliphatic heterocycles. The van der Waals surface area contributed by atoms with Crippen molar-refractivity contribution in [2.45, 2.75) is 57.8 Å². The highest BCUT2D eigenvalue weighted by Crippen LogP contribution is 2.30. The van der Waals surface area contributed by atoms with Gasteiger partial charge in [0.2, 0.25) is 5.91 Å². The number of nitriles is 1. The number of amides is 1. The number of aliphatic hydroxyl groups excluding tert-OH is 1. The molecule has 6 nitrogen and oxygen atoms in total. The van der Waals surface area contributed by atoms with Crippen LogP contribution in [-0.2, 0) is 11.3 Å². The van der Waals surface area contributed by atoms with Gasteiger partial charge in [0.25, 0.3) is 0 Å². The summed E-state index contributed by atoms with van der Waals surface area (Å²) in [5.74, 6) is -0.332. The number of likely N-dealkylation sites (tertiary alicyclic amines) is 1. The molecule has 1 aromatic carbocycles. The first-order chi connectivity index (χ1) is 12.2. The molecule has 0 spiro atoms. The van der Waals surface area contributed by atoms with Gasteiger partial charge in [0.05, 0.1) is 24.8 Å². The lowest BCUT2D eigenvalue weighted by Gasteiger charge is -2.34. The van der Waals surface area contributed by atoms with E-state index in [-0.39, 0.29) is 17.9 Å². The average Bonchev–Trinajstić information content (AvgIpc) is 2.92. The second kappa shape index (κ2) is 8.17. The number of nitrogens with zero attached hydrogens (tertiary/aromatic N) is 2. The molecule has 142 valence electrons. The summed E-state index contributed by atoms with van der Waals surface area (Å²) in [6.45, 7) is 7.12. The van der Waals surface area contributed by atoms with Crippen LogP contribution in [0.15, 0.2) is 30.3 Å². The molecule has 1 saturated heterocycles. The lowest BCUT2D eigenvalue weighted by Crippen LogP contribution is -2.60. The molecule has 26 heavy (non-hydrogen) atoms. The van der Waals surface area contributed by atoms with Crippen LogP contribution in [0.5, 0.6) is 0 Å². The summed E-state index contributed by atoms with van der Waals surface area (Å²) in [7, 11) is 0. The molecule has 4 N–H and O–H groups in total. The monoisotopic (exact) mass is 358 g/mol. The average molecular weight is 358 g/mol. The van der Waals surface area contributed by atoms with E-state index < -0.39 is 17.6 Å². The van der Waals surface area contributed by atoms with Crippen molar-refractivity contribution in [3.05, 3.63) is 35.9 Å². The zero-order chi connectivity index (χ0) is 19.4. The summed E-state index contributed by atoms with van der Waals surface area (Å²) in [4.78, 5) is 14.6. The molecule has 3 atom stereocenters. The molecule has 1 fully saturated rings. The quantitative estimate of drug-likeness (QED) is 0.713. The van der Waals surface area contributed by atoms with Crippen molar-refractivity contribution in [2.24, 2.45) is 11.1 Å². The normalized spacial score (nSPS) is 24.8. The fourth-order valence-electron chi connectivity index (χ4n) is 3.60. The molecule has 1 heterocycles. The summed E-state index contributed by atoms with van der Waals surface area (Å²) >= 11 is 0. The third kappa shape index (κ3) is 4.82. The number of hydrogen-bond acceptors (Lipinski definition) is 5. The smallest absolute Gasteiger partial charge is 0.238 e. The van der Waals surface area contributed by atoms with Crippen molar-refractivity contribution in [1.29, 1.82) is 5.26 Å². The molecule has 6 heteroatoms. The first-order valence-electron chi connectivity index (χ1n) is 9.08. The molecule has 0 radical (unpaired) electrons. The number of hydrogen-bond donors (Lipinski definition) is 3. The van der Waals surface area contributed by atoms with E-state index in [1.54, 1.807) is 0 Å². The SMILES string of the molecule is CC(C)(C)CC(N)C(=O)NC1(C#N)CCN(Cc2ccccc2)C1CO. The van der Waals surface area contributed by atoms with Crippen molar-refractivity contribution < 1.29 is 9.90 Å². The zero-order valence-corrected chi connectivity index (χ0v) is 15.9. The minimum Gasteiger partial charge on any atom is -0.395 e. The van der Waals surface area contributed by atoms with Crippen LogP contribution in [0, 0.1) is 16.7 Å². The van der Waals surface area contributed by atoms with E-state index in [4.69, 9.17) is 5.73 Å². The summed E-state index contributed by atoms with van der Waals surface area (Å²) in [6.07, 6.45) is 0.993. The molecule has 0 bridgehead atoms. The van der Waals surface area contributed by atoms with Gasteiger partial charge in [-0.15, -0.1) is 0 Å². The van der Waals surface area contributed by atoms with Crippen molar-refractivity contribution in [3.8, 4) is 6.07 Å². The third-order valence-corrected chi connectivity index (χ3v) is 4.92. The highest BCUT2D eigenvalue weighted by molar-refractivity contribution is 5.83. The largest absolute Gasteiger partial charge is 0.395 e. The first kappa shape index (κ1) is 20.4. The van der Waals surface area contributed by atoms with Crippen LogP contribution in [0.1, 0.15) is 39.2 Å². The lowest BCUT2D eigenvalue weighted by molar-refractivity contribution is -0.124. The molecule has 1 aromatic rings. The molecular formula is C20H30N4O2. The molecule has 0 aliphatic carbocycles. The van der Waals surface area contributed by atoms with Gasteiger partial charge in [-0.1, -0.05) is 51.1 Å². The van der Waals surface area contributed by atoms with Crippen molar-refractivity contribution in [1.82, 2.24) is 10.2 Å². The number of nitrogens with one attached hydrogen (secondary N) is 1. The van der Waals surface area contributed by atoms with Gasteiger partial charge >= 0.3 is 0 Å². The number of carbonyl (C=O) groups excluding carboxylic acids is 1. The minimum absolute atomic E-state index is 0.0814.